The molecule has 1 fully saturated rings. The fourth-order valence-corrected chi connectivity index (χ4v) is 2.51. The average molecular weight is 404 g/mol. The number of ether oxygens (including phenoxy) is 1. The number of carbonyl (C=O) groups excluding carboxylic acids is 5. The predicted molar refractivity (Wildman–Crippen MR) is 103 cm³/mol. The number of para-hydroxylation sites is 1. The molecule has 1 heterocycles. The van der Waals surface area contributed by atoms with Crippen LogP contribution in [0.3, 0.4) is 0 Å². The van der Waals surface area contributed by atoms with E-state index in [1.165, 1.54) is 11.9 Å². The topological polar surface area (TPSA) is 125 Å². The van der Waals surface area contributed by atoms with Gasteiger partial charge < -0.3 is 20.3 Å². The zero-order valence-corrected chi connectivity index (χ0v) is 16.6. The third-order valence-electron chi connectivity index (χ3n) is 4.00. The molecule has 0 atom stereocenters. The molecule has 1 aromatic carbocycles. The molecule has 2 rings (SSSR count). The molecule has 0 bridgehead atoms. The van der Waals surface area contributed by atoms with Gasteiger partial charge in [-0.15, -0.1) is 0 Å². The number of urea groups is 1. The van der Waals surface area contributed by atoms with E-state index in [0.717, 1.165) is 4.90 Å². The molecule has 0 aromatic heterocycles. The zero-order chi connectivity index (χ0) is 21.6. The van der Waals surface area contributed by atoms with E-state index < -0.39 is 37.0 Å². The second-order valence-electron chi connectivity index (χ2n) is 6.98. The highest BCUT2D eigenvalue weighted by Gasteiger charge is 2.35. The van der Waals surface area contributed by atoms with Crippen molar-refractivity contribution >= 4 is 35.4 Å². The lowest BCUT2D eigenvalue weighted by Gasteiger charge is -2.14. The van der Waals surface area contributed by atoms with Gasteiger partial charge in [0.2, 0.25) is 0 Å². The van der Waals surface area contributed by atoms with Gasteiger partial charge in [0.15, 0.2) is 6.61 Å². The van der Waals surface area contributed by atoms with Crippen LogP contribution >= 0.6 is 0 Å². The maximum absolute atomic E-state index is 12.3. The number of esters is 1. The Balaban J connectivity index is 1.88. The minimum Gasteiger partial charge on any atom is -0.454 e. The number of amides is 5. The van der Waals surface area contributed by atoms with Crippen LogP contribution in [0.4, 0.5) is 10.5 Å². The molecular formula is C19H24N4O6. The van der Waals surface area contributed by atoms with Gasteiger partial charge in [0, 0.05) is 13.6 Å². The van der Waals surface area contributed by atoms with E-state index in [0.29, 0.717) is 6.54 Å². The van der Waals surface area contributed by atoms with Gasteiger partial charge in [0.25, 0.3) is 17.7 Å². The lowest BCUT2D eigenvalue weighted by Crippen LogP contribution is -2.37. The summed E-state index contributed by atoms with van der Waals surface area (Å²) < 4.78 is 4.83. The summed E-state index contributed by atoms with van der Waals surface area (Å²) in [7, 11) is 1.44. The highest BCUT2D eigenvalue weighted by atomic mass is 16.5. The molecule has 0 saturated carbocycles. The minimum atomic E-state index is -0.889. The molecule has 156 valence electrons. The number of benzene rings is 1. The van der Waals surface area contributed by atoms with Crippen molar-refractivity contribution in [3.63, 3.8) is 0 Å². The molecule has 1 aliphatic rings. The van der Waals surface area contributed by atoms with E-state index in [9.17, 15) is 24.0 Å². The molecule has 2 N–H and O–H groups in total. The van der Waals surface area contributed by atoms with Crippen LogP contribution in [0, 0.1) is 5.92 Å². The fraction of sp³-hybridized carbons (Fsp3) is 0.421. The van der Waals surface area contributed by atoms with Crippen LogP contribution in [-0.4, -0.2) is 72.8 Å². The van der Waals surface area contributed by atoms with Crippen LogP contribution in [0.5, 0.6) is 0 Å². The molecule has 10 nitrogen and oxygen atoms in total. The molecule has 29 heavy (non-hydrogen) atoms. The largest absolute Gasteiger partial charge is 0.454 e. The first-order valence-corrected chi connectivity index (χ1v) is 9.07. The second kappa shape index (κ2) is 9.67. The lowest BCUT2D eigenvalue weighted by atomic mass is 10.1. The first-order chi connectivity index (χ1) is 13.7. The number of nitrogens with zero attached hydrogens (tertiary/aromatic N) is 2. The summed E-state index contributed by atoms with van der Waals surface area (Å²) in [4.78, 5) is 61.5. The van der Waals surface area contributed by atoms with Crippen molar-refractivity contribution in [1.29, 1.82) is 0 Å². The Kier molecular flexibility index (Phi) is 7.29. The normalized spacial score (nSPS) is 13.7. The lowest BCUT2D eigenvalue weighted by molar-refractivity contribution is -0.149. The van der Waals surface area contributed by atoms with Crippen LogP contribution in [0.25, 0.3) is 0 Å². The Morgan fingerprint density at radius 2 is 1.86 bits per heavy atom. The van der Waals surface area contributed by atoms with Crippen LogP contribution in [-0.2, 0) is 19.1 Å². The molecule has 1 saturated heterocycles. The summed E-state index contributed by atoms with van der Waals surface area (Å²) in [6.07, 6.45) is 0. The summed E-state index contributed by atoms with van der Waals surface area (Å²) in [6.45, 7) is 3.12. The molecule has 1 aromatic rings. The van der Waals surface area contributed by atoms with E-state index in [1.54, 1.807) is 24.3 Å². The van der Waals surface area contributed by atoms with Gasteiger partial charge in [0.05, 0.1) is 11.3 Å². The van der Waals surface area contributed by atoms with E-state index in [4.69, 9.17) is 4.74 Å². The second-order valence-corrected chi connectivity index (χ2v) is 6.98. The van der Waals surface area contributed by atoms with E-state index in [2.05, 4.69) is 10.6 Å². The molecule has 0 unspecified atom stereocenters. The van der Waals surface area contributed by atoms with Crippen molar-refractivity contribution < 1.29 is 28.7 Å². The maximum Gasteiger partial charge on any atom is 0.327 e. The number of hydrogen-bond donors (Lipinski definition) is 2. The molecule has 0 radical (unpaired) electrons. The number of carbonyl (C=O) groups is 5. The maximum atomic E-state index is 12.3. The molecule has 5 amide bonds. The SMILES string of the molecule is CC(C)CNC(=O)c1ccccc1NC(=O)COC(=O)CN1C(=O)CN(C)C1=O. The monoisotopic (exact) mass is 404 g/mol. The van der Waals surface area contributed by atoms with Crippen LogP contribution in [0.15, 0.2) is 24.3 Å². The van der Waals surface area contributed by atoms with Crippen LogP contribution in [0.1, 0.15) is 24.2 Å². The Bertz CT molecular complexity index is 823. The summed E-state index contributed by atoms with van der Waals surface area (Å²) in [5.41, 5.74) is 0.561. The predicted octanol–water partition coefficient (Wildman–Crippen LogP) is 0.448. The van der Waals surface area contributed by atoms with Gasteiger partial charge >= 0.3 is 12.0 Å². The summed E-state index contributed by atoms with van der Waals surface area (Å²) in [6, 6.07) is 5.85. The first kappa shape index (κ1) is 21.9. The van der Waals surface area contributed by atoms with Crippen molar-refractivity contribution in [3.8, 4) is 0 Å². The van der Waals surface area contributed by atoms with Crippen LogP contribution < -0.4 is 10.6 Å². The highest BCUT2D eigenvalue weighted by molar-refractivity contribution is 6.05. The highest BCUT2D eigenvalue weighted by Crippen LogP contribution is 2.15. The smallest absolute Gasteiger partial charge is 0.327 e. The number of anilines is 1. The van der Waals surface area contributed by atoms with Gasteiger partial charge in [-0.25, -0.2) is 4.79 Å². The zero-order valence-electron chi connectivity index (χ0n) is 16.6. The Morgan fingerprint density at radius 1 is 1.17 bits per heavy atom. The summed E-state index contributed by atoms with van der Waals surface area (Å²) in [5, 5.41) is 5.29. The first-order valence-electron chi connectivity index (χ1n) is 9.07. The van der Waals surface area contributed by atoms with E-state index >= 15 is 0 Å². The molecule has 0 spiro atoms. The Morgan fingerprint density at radius 3 is 2.48 bits per heavy atom. The quantitative estimate of drug-likeness (QED) is 0.479. The van der Waals surface area contributed by atoms with E-state index in [1.807, 2.05) is 13.8 Å². The fourth-order valence-electron chi connectivity index (χ4n) is 2.51. The standard InChI is InChI=1S/C19H24N4O6/c1-12(2)8-20-18(27)13-6-4-5-7-14(13)21-15(24)11-29-17(26)10-23-16(25)9-22(3)19(23)28/h4-7,12H,8-11H2,1-3H3,(H,20,27)(H,21,24). The van der Waals surface area contributed by atoms with Crippen molar-refractivity contribution in [2.24, 2.45) is 5.92 Å². The molecule has 1 aliphatic heterocycles. The van der Waals surface area contributed by atoms with Crippen molar-refractivity contribution in [2.45, 2.75) is 13.8 Å². The van der Waals surface area contributed by atoms with Gasteiger partial charge in [-0.3, -0.25) is 24.1 Å². The van der Waals surface area contributed by atoms with Crippen LogP contribution in [0.2, 0.25) is 0 Å². The third-order valence-corrected chi connectivity index (χ3v) is 4.00. The number of imide groups is 1. The molecular weight excluding hydrogens is 380 g/mol. The Hall–Kier alpha value is -3.43. The van der Waals surface area contributed by atoms with Gasteiger partial charge in [-0.2, -0.15) is 0 Å². The van der Waals surface area contributed by atoms with Crippen molar-refractivity contribution in [1.82, 2.24) is 15.1 Å². The van der Waals surface area contributed by atoms with Crippen molar-refractivity contribution in [2.75, 3.05) is 38.6 Å². The number of rotatable bonds is 8. The number of nitrogens with one attached hydrogen (secondary N) is 2. The third kappa shape index (κ3) is 6.03. The summed E-state index contributed by atoms with van der Waals surface area (Å²) >= 11 is 0. The molecule has 0 aliphatic carbocycles. The average Bonchev–Trinajstić information content (AvgIpc) is 2.91. The number of hydrogen-bond acceptors (Lipinski definition) is 6. The van der Waals surface area contributed by atoms with E-state index in [-0.39, 0.29) is 29.6 Å². The van der Waals surface area contributed by atoms with Crippen molar-refractivity contribution in [3.05, 3.63) is 29.8 Å². The van der Waals surface area contributed by atoms with Gasteiger partial charge in [-0.1, -0.05) is 26.0 Å². The van der Waals surface area contributed by atoms with Gasteiger partial charge in [0.1, 0.15) is 13.1 Å². The minimum absolute atomic E-state index is 0.109. The molecule has 10 heteroatoms. The van der Waals surface area contributed by atoms with Gasteiger partial charge in [-0.05, 0) is 18.1 Å². The Labute approximate surface area is 168 Å². The number of likely N-dealkylation sites (N-methyl/N-ethyl adjacent to an activating group) is 1. The summed E-state index contributed by atoms with van der Waals surface area (Å²) in [5.74, 6) is -2.12.